The Balaban J connectivity index is 1.80. The zero-order valence-electron chi connectivity index (χ0n) is 15.1. The highest BCUT2D eigenvalue weighted by molar-refractivity contribution is 5.97. The Bertz CT molecular complexity index is 615. The molecular formula is C18H27N5O2. The van der Waals surface area contributed by atoms with E-state index in [1.807, 2.05) is 44.2 Å². The van der Waals surface area contributed by atoms with E-state index in [9.17, 15) is 9.59 Å². The van der Waals surface area contributed by atoms with Gasteiger partial charge < -0.3 is 20.9 Å². The molecule has 0 aliphatic carbocycles. The maximum absolute atomic E-state index is 12.2. The van der Waals surface area contributed by atoms with E-state index in [1.54, 1.807) is 11.9 Å². The van der Waals surface area contributed by atoms with Crippen molar-refractivity contribution in [3.05, 3.63) is 30.3 Å². The lowest BCUT2D eigenvalue weighted by Gasteiger charge is -2.19. The smallest absolute Gasteiger partial charge is 0.229 e. The van der Waals surface area contributed by atoms with Crippen LogP contribution in [0.2, 0.25) is 0 Å². The molecule has 2 amide bonds. The van der Waals surface area contributed by atoms with Crippen LogP contribution in [0.3, 0.4) is 0 Å². The molecule has 1 saturated heterocycles. The predicted octanol–water partition coefficient (Wildman–Crippen LogP) is 0.872. The molecule has 1 fully saturated rings. The summed E-state index contributed by atoms with van der Waals surface area (Å²) >= 11 is 0. The predicted molar refractivity (Wildman–Crippen MR) is 99.6 cm³/mol. The van der Waals surface area contributed by atoms with Gasteiger partial charge in [0.2, 0.25) is 11.8 Å². The summed E-state index contributed by atoms with van der Waals surface area (Å²) in [5, 5.41) is 9.22. The van der Waals surface area contributed by atoms with E-state index in [4.69, 9.17) is 0 Å². The fourth-order valence-corrected chi connectivity index (χ4v) is 2.74. The maximum atomic E-state index is 12.2. The summed E-state index contributed by atoms with van der Waals surface area (Å²) in [6.07, 6.45) is 0.794. The summed E-state index contributed by atoms with van der Waals surface area (Å²) in [6, 6.07) is 9.77. The Hall–Kier alpha value is -2.57. The topological polar surface area (TPSA) is 85.8 Å². The summed E-state index contributed by atoms with van der Waals surface area (Å²) in [5.74, 6) is 0.699. The van der Waals surface area contributed by atoms with E-state index in [0.717, 1.165) is 5.69 Å². The highest BCUT2D eigenvalue weighted by Crippen LogP contribution is 2.20. The van der Waals surface area contributed by atoms with E-state index < -0.39 is 0 Å². The molecule has 1 aromatic rings. The molecule has 0 spiro atoms. The zero-order valence-corrected chi connectivity index (χ0v) is 15.1. The number of guanidine groups is 1. The molecule has 0 saturated carbocycles. The van der Waals surface area contributed by atoms with Crippen LogP contribution >= 0.6 is 0 Å². The van der Waals surface area contributed by atoms with E-state index in [0.29, 0.717) is 31.9 Å². The third-order valence-electron chi connectivity index (χ3n) is 3.85. The van der Waals surface area contributed by atoms with Crippen molar-refractivity contribution in [1.82, 2.24) is 16.0 Å². The van der Waals surface area contributed by atoms with Gasteiger partial charge in [-0.3, -0.25) is 14.6 Å². The van der Waals surface area contributed by atoms with Crippen molar-refractivity contribution in [1.29, 1.82) is 0 Å². The van der Waals surface area contributed by atoms with Gasteiger partial charge in [0.25, 0.3) is 0 Å². The van der Waals surface area contributed by atoms with Crippen LogP contribution in [0.15, 0.2) is 35.3 Å². The number of hydrogen-bond acceptors (Lipinski definition) is 3. The summed E-state index contributed by atoms with van der Waals surface area (Å²) in [6.45, 7) is 4.95. The molecule has 1 aliphatic rings. The Kier molecular flexibility index (Phi) is 6.80. The van der Waals surface area contributed by atoms with Gasteiger partial charge >= 0.3 is 0 Å². The molecule has 2 rings (SSSR count). The molecule has 1 heterocycles. The van der Waals surface area contributed by atoms with Crippen molar-refractivity contribution in [2.24, 2.45) is 4.99 Å². The number of anilines is 1. The van der Waals surface area contributed by atoms with Crippen LogP contribution in [0.25, 0.3) is 0 Å². The second-order valence-corrected chi connectivity index (χ2v) is 6.36. The lowest BCUT2D eigenvalue weighted by Crippen LogP contribution is -2.45. The van der Waals surface area contributed by atoms with Gasteiger partial charge in [0.05, 0.1) is 6.04 Å². The standard InChI is InChI=1S/C18H27N5O2/c1-13(2)21-16(24)9-10-20-18(19-3)22-14-11-17(25)23(12-14)15-7-5-4-6-8-15/h4-8,13-14H,9-12H2,1-3H3,(H,21,24)(H2,19,20,22). The van der Waals surface area contributed by atoms with Crippen LogP contribution < -0.4 is 20.9 Å². The minimum absolute atomic E-state index is 0.00394. The third kappa shape index (κ3) is 5.77. The first-order chi connectivity index (χ1) is 12.0. The van der Waals surface area contributed by atoms with E-state index in [1.165, 1.54) is 0 Å². The first-order valence-corrected chi connectivity index (χ1v) is 8.61. The first kappa shape index (κ1) is 18.8. The van der Waals surface area contributed by atoms with Gasteiger partial charge in [0, 0.05) is 44.7 Å². The van der Waals surface area contributed by atoms with Crippen molar-refractivity contribution in [3.63, 3.8) is 0 Å². The van der Waals surface area contributed by atoms with Gasteiger partial charge in [0.1, 0.15) is 0 Å². The Morgan fingerprint density at radius 1 is 1.32 bits per heavy atom. The molecule has 0 bridgehead atoms. The van der Waals surface area contributed by atoms with E-state index >= 15 is 0 Å². The molecule has 7 nitrogen and oxygen atoms in total. The number of carbonyl (C=O) groups is 2. The number of amides is 2. The molecule has 3 N–H and O–H groups in total. The van der Waals surface area contributed by atoms with Gasteiger partial charge in [-0.25, -0.2) is 0 Å². The summed E-state index contributed by atoms with van der Waals surface area (Å²) in [7, 11) is 1.68. The number of rotatable bonds is 6. The fraction of sp³-hybridized carbons (Fsp3) is 0.500. The molecule has 0 radical (unpaired) electrons. The average molecular weight is 345 g/mol. The Morgan fingerprint density at radius 3 is 2.68 bits per heavy atom. The summed E-state index contributed by atoms with van der Waals surface area (Å²) < 4.78 is 0. The SMILES string of the molecule is CN=C(NCCC(=O)NC(C)C)NC1CC(=O)N(c2ccccc2)C1. The monoisotopic (exact) mass is 345 g/mol. The minimum atomic E-state index is -0.0107. The fourth-order valence-electron chi connectivity index (χ4n) is 2.74. The van der Waals surface area contributed by atoms with E-state index in [2.05, 4.69) is 20.9 Å². The number of para-hydroxylation sites is 1. The summed E-state index contributed by atoms with van der Waals surface area (Å²) in [4.78, 5) is 29.8. The molecule has 1 aromatic carbocycles. The van der Waals surface area contributed by atoms with Crippen LogP contribution in [0.1, 0.15) is 26.7 Å². The van der Waals surface area contributed by atoms with Crippen LogP contribution in [0.4, 0.5) is 5.69 Å². The number of nitrogens with one attached hydrogen (secondary N) is 3. The molecule has 1 unspecified atom stereocenters. The molecule has 7 heteroatoms. The highest BCUT2D eigenvalue weighted by atomic mass is 16.2. The third-order valence-corrected chi connectivity index (χ3v) is 3.85. The normalized spacial score (nSPS) is 17.8. The van der Waals surface area contributed by atoms with Gasteiger partial charge in [-0.1, -0.05) is 18.2 Å². The zero-order chi connectivity index (χ0) is 18.2. The van der Waals surface area contributed by atoms with Crippen molar-refractivity contribution >= 4 is 23.5 Å². The van der Waals surface area contributed by atoms with Crippen molar-refractivity contribution < 1.29 is 9.59 Å². The van der Waals surface area contributed by atoms with Crippen molar-refractivity contribution in [2.45, 2.75) is 38.8 Å². The van der Waals surface area contributed by atoms with Crippen LogP contribution in [-0.2, 0) is 9.59 Å². The van der Waals surface area contributed by atoms with Gasteiger partial charge in [-0.2, -0.15) is 0 Å². The van der Waals surface area contributed by atoms with Gasteiger partial charge in [-0.15, -0.1) is 0 Å². The average Bonchev–Trinajstić information content (AvgIpc) is 2.94. The largest absolute Gasteiger partial charge is 0.356 e. The molecule has 1 atom stereocenters. The highest BCUT2D eigenvalue weighted by Gasteiger charge is 2.30. The number of carbonyl (C=O) groups excluding carboxylic acids is 2. The number of nitrogens with zero attached hydrogens (tertiary/aromatic N) is 2. The molecule has 25 heavy (non-hydrogen) atoms. The summed E-state index contributed by atoms with van der Waals surface area (Å²) in [5.41, 5.74) is 0.908. The number of hydrogen-bond donors (Lipinski definition) is 3. The number of aliphatic imine (C=N–C) groups is 1. The van der Waals surface area contributed by atoms with Crippen LogP contribution in [-0.4, -0.2) is 50.0 Å². The van der Waals surface area contributed by atoms with Crippen molar-refractivity contribution in [2.75, 3.05) is 25.0 Å². The molecular weight excluding hydrogens is 318 g/mol. The second kappa shape index (κ2) is 9.05. The Morgan fingerprint density at radius 2 is 2.04 bits per heavy atom. The number of benzene rings is 1. The quantitative estimate of drug-likeness (QED) is 0.528. The minimum Gasteiger partial charge on any atom is -0.356 e. The van der Waals surface area contributed by atoms with Gasteiger partial charge in [0.15, 0.2) is 5.96 Å². The maximum Gasteiger partial charge on any atom is 0.229 e. The first-order valence-electron chi connectivity index (χ1n) is 8.61. The second-order valence-electron chi connectivity index (χ2n) is 6.36. The molecule has 136 valence electrons. The van der Waals surface area contributed by atoms with Crippen LogP contribution in [0, 0.1) is 0 Å². The lowest BCUT2D eigenvalue weighted by molar-refractivity contribution is -0.121. The van der Waals surface area contributed by atoms with Gasteiger partial charge in [-0.05, 0) is 26.0 Å². The van der Waals surface area contributed by atoms with Crippen LogP contribution in [0.5, 0.6) is 0 Å². The van der Waals surface area contributed by atoms with E-state index in [-0.39, 0.29) is 23.9 Å². The lowest BCUT2D eigenvalue weighted by atomic mass is 10.2. The molecule has 0 aromatic heterocycles. The Labute approximate surface area is 148 Å². The van der Waals surface area contributed by atoms with Crippen molar-refractivity contribution in [3.8, 4) is 0 Å². The molecule has 1 aliphatic heterocycles.